The fraction of sp³-hybridized carbons (Fsp3) is 0.579. The standard InChI is InChI=1S/C19H24N6S/c1-12(2)25-11-22-23-17(25)13-6-8-24(9-7-13)18-16-14-4-3-5-15(14)26-19(16)21-10-20-18/h10-13H,3-9H2,1-2H3. The van der Waals surface area contributed by atoms with Crippen molar-refractivity contribution in [3.63, 3.8) is 0 Å². The van der Waals surface area contributed by atoms with Gasteiger partial charge in [0.15, 0.2) is 0 Å². The Labute approximate surface area is 157 Å². The molecule has 1 saturated heterocycles. The molecule has 0 bridgehead atoms. The maximum Gasteiger partial charge on any atom is 0.141 e. The van der Waals surface area contributed by atoms with Crippen LogP contribution in [0, 0.1) is 0 Å². The molecule has 26 heavy (non-hydrogen) atoms. The average molecular weight is 369 g/mol. The lowest BCUT2D eigenvalue weighted by molar-refractivity contribution is 0.448. The molecule has 4 heterocycles. The summed E-state index contributed by atoms with van der Waals surface area (Å²) in [6, 6.07) is 0.410. The van der Waals surface area contributed by atoms with E-state index in [9.17, 15) is 0 Å². The summed E-state index contributed by atoms with van der Waals surface area (Å²) in [5.41, 5.74) is 1.52. The van der Waals surface area contributed by atoms with Gasteiger partial charge in [0.25, 0.3) is 0 Å². The summed E-state index contributed by atoms with van der Waals surface area (Å²) in [7, 11) is 0. The zero-order chi connectivity index (χ0) is 17.7. The van der Waals surface area contributed by atoms with Crippen LogP contribution >= 0.6 is 11.3 Å². The van der Waals surface area contributed by atoms with E-state index in [2.05, 4.69) is 38.5 Å². The van der Waals surface area contributed by atoms with Crippen LogP contribution in [0.15, 0.2) is 12.7 Å². The van der Waals surface area contributed by atoms with Crippen LogP contribution in [-0.2, 0) is 12.8 Å². The molecule has 1 fully saturated rings. The third-order valence-electron chi connectivity index (χ3n) is 5.80. The van der Waals surface area contributed by atoms with Crippen molar-refractivity contribution in [1.29, 1.82) is 0 Å². The SMILES string of the molecule is CC(C)n1cnnc1C1CCN(c2ncnc3sc4c(c23)CCC4)CC1. The van der Waals surface area contributed by atoms with Gasteiger partial charge in [-0.3, -0.25) is 0 Å². The third-order valence-corrected chi connectivity index (χ3v) is 7.00. The molecule has 3 aromatic rings. The van der Waals surface area contributed by atoms with E-state index < -0.39 is 0 Å². The topological polar surface area (TPSA) is 59.7 Å². The number of anilines is 1. The number of hydrogen-bond donors (Lipinski definition) is 0. The molecule has 0 amide bonds. The predicted molar refractivity (Wildman–Crippen MR) is 104 cm³/mol. The van der Waals surface area contributed by atoms with E-state index in [0.717, 1.165) is 37.6 Å². The highest BCUT2D eigenvalue weighted by molar-refractivity contribution is 7.19. The number of fused-ring (bicyclic) bond motifs is 3. The smallest absolute Gasteiger partial charge is 0.141 e. The number of aromatic nitrogens is 5. The molecule has 0 radical (unpaired) electrons. The molecule has 0 saturated carbocycles. The molecule has 0 N–H and O–H groups in total. The molecule has 0 aromatic carbocycles. The Kier molecular flexibility index (Phi) is 3.92. The first kappa shape index (κ1) is 16.2. The van der Waals surface area contributed by atoms with E-state index in [-0.39, 0.29) is 0 Å². The van der Waals surface area contributed by atoms with Crippen molar-refractivity contribution in [2.45, 2.75) is 57.9 Å². The van der Waals surface area contributed by atoms with Crippen molar-refractivity contribution in [1.82, 2.24) is 24.7 Å². The van der Waals surface area contributed by atoms with E-state index in [0.29, 0.717) is 12.0 Å². The Balaban J connectivity index is 1.41. The molecule has 2 aliphatic rings. The van der Waals surface area contributed by atoms with Gasteiger partial charge in [0.2, 0.25) is 0 Å². The van der Waals surface area contributed by atoms with Crippen LogP contribution in [-0.4, -0.2) is 37.8 Å². The molecule has 0 atom stereocenters. The van der Waals surface area contributed by atoms with Gasteiger partial charge in [-0.15, -0.1) is 21.5 Å². The van der Waals surface area contributed by atoms with E-state index in [1.54, 1.807) is 6.33 Å². The monoisotopic (exact) mass is 368 g/mol. The Morgan fingerprint density at radius 2 is 2.00 bits per heavy atom. The highest BCUT2D eigenvalue weighted by Crippen LogP contribution is 2.41. The molecule has 1 aliphatic heterocycles. The Hall–Kier alpha value is -2.02. The average Bonchev–Trinajstić information content (AvgIpc) is 3.36. The molecule has 6 nitrogen and oxygen atoms in total. The third kappa shape index (κ3) is 2.52. The lowest BCUT2D eigenvalue weighted by Crippen LogP contribution is -2.34. The fourth-order valence-corrected chi connectivity index (χ4v) is 5.67. The van der Waals surface area contributed by atoms with Crippen molar-refractivity contribution < 1.29 is 0 Å². The lowest BCUT2D eigenvalue weighted by atomic mass is 9.95. The number of thiophene rings is 1. The summed E-state index contributed by atoms with van der Waals surface area (Å²) in [5.74, 6) is 2.78. The first-order chi connectivity index (χ1) is 12.7. The normalized spacial score (nSPS) is 18.2. The molecular formula is C19H24N6S. The van der Waals surface area contributed by atoms with Gasteiger partial charge in [-0.1, -0.05) is 0 Å². The highest BCUT2D eigenvalue weighted by atomic mass is 32.1. The van der Waals surface area contributed by atoms with Crippen molar-refractivity contribution in [3.05, 3.63) is 28.9 Å². The Morgan fingerprint density at radius 1 is 1.15 bits per heavy atom. The van der Waals surface area contributed by atoms with E-state index >= 15 is 0 Å². The number of nitrogens with zero attached hydrogens (tertiary/aromatic N) is 6. The molecule has 1 aliphatic carbocycles. The first-order valence-corrected chi connectivity index (χ1v) is 10.4. The van der Waals surface area contributed by atoms with Crippen LogP contribution in [0.3, 0.4) is 0 Å². The highest BCUT2D eigenvalue weighted by Gasteiger charge is 2.28. The predicted octanol–water partition coefficient (Wildman–Crippen LogP) is 3.74. The number of rotatable bonds is 3. The van der Waals surface area contributed by atoms with E-state index in [1.807, 2.05) is 17.7 Å². The molecule has 3 aromatic heterocycles. The van der Waals surface area contributed by atoms with Gasteiger partial charge in [0, 0.05) is 29.9 Å². The van der Waals surface area contributed by atoms with E-state index in [1.165, 1.54) is 39.9 Å². The van der Waals surface area contributed by atoms with Gasteiger partial charge in [0.1, 0.15) is 29.1 Å². The fourth-order valence-electron chi connectivity index (χ4n) is 4.44. The second-order valence-electron chi connectivity index (χ2n) is 7.69. The minimum atomic E-state index is 0.410. The van der Waals surface area contributed by atoms with Gasteiger partial charge >= 0.3 is 0 Å². The van der Waals surface area contributed by atoms with Crippen LogP contribution in [0.25, 0.3) is 10.2 Å². The molecule has 7 heteroatoms. The van der Waals surface area contributed by atoms with Crippen molar-refractivity contribution in [3.8, 4) is 0 Å². The second-order valence-corrected chi connectivity index (χ2v) is 8.77. The van der Waals surface area contributed by atoms with Crippen molar-refractivity contribution in [2.75, 3.05) is 18.0 Å². The maximum atomic E-state index is 4.70. The van der Waals surface area contributed by atoms with Crippen molar-refractivity contribution >= 4 is 27.4 Å². The minimum Gasteiger partial charge on any atom is -0.356 e. The molecule has 0 unspecified atom stereocenters. The van der Waals surface area contributed by atoms with Gasteiger partial charge in [-0.25, -0.2) is 9.97 Å². The zero-order valence-corrected chi connectivity index (χ0v) is 16.2. The lowest BCUT2D eigenvalue weighted by Gasteiger charge is -2.33. The summed E-state index contributed by atoms with van der Waals surface area (Å²) in [6.07, 6.45) is 9.48. The van der Waals surface area contributed by atoms with Crippen molar-refractivity contribution in [2.24, 2.45) is 0 Å². The minimum absolute atomic E-state index is 0.410. The quantitative estimate of drug-likeness (QED) is 0.705. The molecule has 0 spiro atoms. The maximum absolute atomic E-state index is 4.70. The number of aryl methyl sites for hydroxylation is 2. The van der Waals surface area contributed by atoms with Crippen LogP contribution in [0.1, 0.15) is 61.3 Å². The van der Waals surface area contributed by atoms with Crippen LogP contribution < -0.4 is 4.90 Å². The molecule has 136 valence electrons. The summed E-state index contributed by atoms with van der Waals surface area (Å²) < 4.78 is 2.22. The number of hydrogen-bond acceptors (Lipinski definition) is 6. The van der Waals surface area contributed by atoms with Gasteiger partial charge in [-0.2, -0.15) is 0 Å². The Morgan fingerprint density at radius 3 is 2.81 bits per heavy atom. The van der Waals surface area contributed by atoms with Gasteiger partial charge < -0.3 is 9.47 Å². The van der Waals surface area contributed by atoms with Crippen LogP contribution in [0.5, 0.6) is 0 Å². The summed E-state index contributed by atoms with van der Waals surface area (Å²) in [4.78, 5) is 14.4. The van der Waals surface area contributed by atoms with Crippen LogP contribution in [0.4, 0.5) is 5.82 Å². The van der Waals surface area contributed by atoms with E-state index in [4.69, 9.17) is 4.98 Å². The molecular weight excluding hydrogens is 344 g/mol. The Bertz CT molecular complexity index is 935. The summed E-state index contributed by atoms with van der Waals surface area (Å²) in [5, 5.41) is 9.90. The second kappa shape index (κ2) is 6.30. The van der Waals surface area contributed by atoms with Crippen LogP contribution in [0.2, 0.25) is 0 Å². The summed E-state index contributed by atoms with van der Waals surface area (Å²) in [6.45, 7) is 6.42. The number of piperidine rings is 1. The first-order valence-electron chi connectivity index (χ1n) is 9.62. The van der Waals surface area contributed by atoms with Gasteiger partial charge in [0.05, 0.1) is 5.39 Å². The largest absolute Gasteiger partial charge is 0.356 e. The molecule has 5 rings (SSSR count). The summed E-state index contributed by atoms with van der Waals surface area (Å²) >= 11 is 1.87. The zero-order valence-electron chi connectivity index (χ0n) is 15.4. The van der Waals surface area contributed by atoms with Gasteiger partial charge in [-0.05, 0) is 51.5 Å².